The lowest BCUT2D eigenvalue weighted by Gasteiger charge is -2.44. The fourth-order valence-corrected chi connectivity index (χ4v) is 3.49. The van der Waals surface area contributed by atoms with Crippen LogP contribution in [0, 0.1) is 23.7 Å². The van der Waals surface area contributed by atoms with E-state index < -0.39 is 0 Å². The van der Waals surface area contributed by atoms with Gasteiger partial charge in [0.05, 0.1) is 0 Å². The highest BCUT2D eigenvalue weighted by Gasteiger charge is 2.30. The minimum atomic E-state index is 0.748. The van der Waals surface area contributed by atoms with E-state index in [1.165, 1.54) is 39.0 Å². The van der Waals surface area contributed by atoms with Crippen molar-refractivity contribution in [2.75, 3.05) is 26.2 Å². The second-order valence-corrected chi connectivity index (χ2v) is 8.76. The highest BCUT2D eigenvalue weighted by molar-refractivity contribution is 4.83. The Morgan fingerprint density at radius 2 is 1.00 bits per heavy atom. The monoisotopic (exact) mass is 310 g/mol. The number of nitrogens with zero attached hydrogens (tertiary/aromatic N) is 2. The minimum absolute atomic E-state index is 0.748. The van der Waals surface area contributed by atoms with E-state index in [-0.39, 0.29) is 0 Å². The SMILES string of the molecule is CC(C)C1CCN(C(C)C)CC1.CC(C)C1CN(C(C)C)C1. The quantitative estimate of drug-likeness (QED) is 0.739. The van der Waals surface area contributed by atoms with Crippen LogP contribution in [0.3, 0.4) is 0 Å². The van der Waals surface area contributed by atoms with E-state index in [1.54, 1.807) is 0 Å². The summed E-state index contributed by atoms with van der Waals surface area (Å²) >= 11 is 0. The molecule has 132 valence electrons. The van der Waals surface area contributed by atoms with Crippen molar-refractivity contribution < 1.29 is 0 Å². The molecule has 0 atom stereocenters. The van der Waals surface area contributed by atoms with Crippen molar-refractivity contribution in [3.63, 3.8) is 0 Å². The van der Waals surface area contributed by atoms with Crippen molar-refractivity contribution in [2.45, 2.75) is 80.3 Å². The zero-order valence-electron chi connectivity index (χ0n) is 16.6. The van der Waals surface area contributed by atoms with Crippen LogP contribution in [0.1, 0.15) is 68.2 Å². The van der Waals surface area contributed by atoms with Crippen LogP contribution in [0.2, 0.25) is 0 Å². The highest BCUT2D eigenvalue weighted by Crippen LogP contribution is 2.25. The number of piperidine rings is 1. The largest absolute Gasteiger partial charge is 0.301 e. The maximum Gasteiger partial charge on any atom is 0.00388 e. The predicted molar refractivity (Wildman–Crippen MR) is 99.3 cm³/mol. The average Bonchev–Trinajstić information content (AvgIpc) is 2.36. The summed E-state index contributed by atoms with van der Waals surface area (Å²) in [5, 5.41) is 0. The Labute approximate surface area is 140 Å². The Morgan fingerprint density at radius 3 is 1.32 bits per heavy atom. The molecule has 0 radical (unpaired) electrons. The van der Waals surface area contributed by atoms with Gasteiger partial charge < -0.3 is 9.80 Å². The van der Waals surface area contributed by atoms with Crippen LogP contribution in [-0.4, -0.2) is 48.1 Å². The molecule has 2 rings (SSSR count). The molecule has 0 unspecified atom stereocenters. The van der Waals surface area contributed by atoms with Crippen molar-refractivity contribution >= 4 is 0 Å². The van der Waals surface area contributed by atoms with E-state index in [4.69, 9.17) is 0 Å². The van der Waals surface area contributed by atoms with Crippen LogP contribution in [0.15, 0.2) is 0 Å². The standard InChI is InChI=1S/C11H23N.C9H19N/c1-9(2)11-5-7-12(8-6-11)10(3)4;1-7(2)9-5-10(6-9)8(3)4/h9-11H,5-8H2,1-4H3;7-9H,5-6H2,1-4H3. The Morgan fingerprint density at radius 1 is 0.591 bits per heavy atom. The second kappa shape index (κ2) is 9.27. The topological polar surface area (TPSA) is 6.48 Å². The third kappa shape index (κ3) is 6.20. The smallest absolute Gasteiger partial charge is 0.00388 e. The molecule has 0 amide bonds. The van der Waals surface area contributed by atoms with Gasteiger partial charge in [0, 0.05) is 25.2 Å². The Kier molecular flexibility index (Phi) is 8.42. The Hall–Kier alpha value is -0.0800. The predicted octanol–water partition coefficient (Wildman–Crippen LogP) is 4.75. The van der Waals surface area contributed by atoms with Crippen LogP contribution in [-0.2, 0) is 0 Å². The molecule has 2 aliphatic rings. The first-order valence-corrected chi connectivity index (χ1v) is 9.70. The van der Waals surface area contributed by atoms with Crippen molar-refractivity contribution in [3.05, 3.63) is 0 Å². The summed E-state index contributed by atoms with van der Waals surface area (Å²) in [7, 11) is 0. The molecule has 0 spiro atoms. The summed E-state index contributed by atoms with van der Waals surface area (Å²) in [6, 6.07) is 1.51. The van der Waals surface area contributed by atoms with Crippen LogP contribution >= 0.6 is 0 Å². The van der Waals surface area contributed by atoms with Crippen molar-refractivity contribution in [1.82, 2.24) is 9.80 Å². The summed E-state index contributed by atoms with van der Waals surface area (Å²) in [6.07, 6.45) is 2.83. The second-order valence-electron chi connectivity index (χ2n) is 8.76. The lowest BCUT2D eigenvalue weighted by Crippen LogP contribution is -2.51. The third-order valence-electron chi connectivity index (χ3n) is 5.86. The molecule has 0 aromatic carbocycles. The molecule has 2 saturated heterocycles. The normalized spacial score (nSPS) is 22.4. The van der Waals surface area contributed by atoms with Crippen LogP contribution < -0.4 is 0 Å². The zero-order valence-corrected chi connectivity index (χ0v) is 16.6. The van der Waals surface area contributed by atoms with Gasteiger partial charge >= 0.3 is 0 Å². The third-order valence-corrected chi connectivity index (χ3v) is 5.86. The van der Waals surface area contributed by atoms with E-state index in [9.17, 15) is 0 Å². The Balaban J connectivity index is 0.000000224. The number of rotatable bonds is 4. The molecule has 0 N–H and O–H groups in total. The summed E-state index contributed by atoms with van der Waals surface area (Å²) in [5.41, 5.74) is 0. The van der Waals surface area contributed by atoms with Gasteiger partial charge in [-0.25, -0.2) is 0 Å². The summed E-state index contributed by atoms with van der Waals surface area (Å²) < 4.78 is 0. The van der Waals surface area contributed by atoms with E-state index in [2.05, 4.69) is 65.2 Å². The summed E-state index contributed by atoms with van der Waals surface area (Å²) in [6.45, 7) is 23.8. The van der Waals surface area contributed by atoms with Gasteiger partial charge in [0.2, 0.25) is 0 Å². The van der Waals surface area contributed by atoms with Gasteiger partial charge in [-0.2, -0.15) is 0 Å². The first kappa shape index (κ1) is 20.0. The molecule has 0 aromatic rings. The van der Waals surface area contributed by atoms with E-state index in [0.29, 0.717) is 0 Å². The molecule has 2 fully saturated rings. The molecule has 0 bridgehead atoms. The van der Waals surface area contributed by atoms with Gasteiger partial charge in [-0.3, -0.25) is 0 Å². The van der Waals surface area contributed by atoms with Crippen LogP contribution in [0.5, 0.6) is 0 Å². The van der Waals surface area contributed by atoms with Crippen molar-refractivity contribution in [3.8, 4) is 0 Å². The minimum Gasteiger partial charge on any atom is -0.301 e. The molecule has 0 aliphatic carbocycles. The molecule has 0 saturated carbocycles. The molecular formula is C20H42N2. The van der Waals surface area contributed by atoms with Crippen molar-refractivity contribution in [1.29, 1.82) is 0 Å². The summed E-state index contributed by atoms with van der Waals surface area (Å²) in [4.78, 5) is 5.13. The lowest BCUT2D eigenvalue weighted by atomic mass is 9.86. The van der Waals surface area contributed by atoms with Crippen molar-refractivity contribution in [2.24, 2.45) is 23.7 Å². The first-order valence-electron chi connectivity index (χ1n) is 9.70. The first-order chi connectivity index (χ1) is 10.2. The molecule has 2 heteroatoms. The van der Waals surface area contributed by atoms with E-state index >= 15 is 0 Å². The van der Waals surface area contributed by atoms with Gasteiger partial charge in [-0.1, -0.05) is 27.7 Å². The maximum absolute atomic E-state index is 2.60. The van der Waals surface area contributed by atoms with Gasteiger partial charge in [0.15, 0.2) is 0 Å². The van der Waals surface area contributed by atoms with Gasteiger partial charge in [-0.05, 0) is 77.3 Å². The van der Waals surface area contributed by atoms with Gasteiger partial charge in [-0.15, -0.1) is 0 Å². The van der Waals surface area contributed by atoms with E-state index in [1.807, 2.05) is 0 Å². The lowest BCUT2D eigenvalue weighted by molar-refractivity contribution is 0.0408. The summed E-state index contributed by atoms with van der Waals surface area (Å²) in [5.74, 6) is 3.73. The molecular weight excluding hydrogens is 268 g/mol. The zero-order chi connectivity index (χ0) is 16.9. The highest BCUT2D eigenvalue weighted by atomic mass is 15.2. The molecule has 2 nitrogen and oxygen atoms in total. The molecule has 0 aromatic heterocycles. The van der Waals surface area contributed by atoms with Crippen LogP contribution in [0.4, 0.5) is 0 Å². The van der Waals surface area contributed by atoms with Crippen LogP contribution in [0.25, 0.3) is 0 Å². The Bertz CT molecular complexity index is 254. The van der Waals surface area contributed by atoms with E-state index in [0.717, 1.165) is 35.8 Å². The maximum atomic E-state index is 2.60. The number of hydrogen-bond acceptors (Lipinski definition) is 2. The average molecular weight is 311 g/mol. The fourth-order valence-electron chi connectivity index (χ4n) is 3.49. The number of hydrogen-bond donors (Lipinski definition) is 0. The number of likely N-dealkylation sites (tertiary alicyclic amines) is 2. The molecule has 2 aliphatic heterocycles. The molecule has 22 heavy (non-hydrogen) atoms. The molecule has 2 heterocycles. The fraction of sp³-hybridized carbons (Fsp3) is 1.00. The van der Waals surface area contributed by atoms with Gasteiger partial charge in [0.25, 0.3) is 0 Å². The van der Waals surface area contributed by atoms with Gasteiger partial charge in [0.1, 0.15) is 0 Å².